The SMILES string of the molecule is COC12CC3CC(CC(C3)C1=Cc1cccc(OP(=O)(O)O)c1CCC#N)C2.[NaH]. The number of hydrogen-bond acceptors (Lipinski definition) is 4. The molecule has 0 radical (unpaired) electrons. The fourth-order valence-electron chi connectivity index (χ4n) is 5.86. The maximum absolute atomic E-state index is 11.4. The van der Waals surface area contributed by atoms with Crippen molar-refractivity contribution in [3.63, 3.8) is 0 Å². The van der Waals surface area contributed by atoms with Crippen molar-refractivity contribution in [3.8, 4) is 11.8 Å². The molecule has 4 aliphatic carbocycles. The summed E-state index contributed by atoms with van der Waals surface area (Å²) in [4.78, 5) is 18.5. The van der Waals surface area contributed by atoms with Gasteiger partial charge < -0.3 is 9.26 Å². The van der Waals surface area contributed by atoms with E-state index in [0.717, 1.165) is 30.2 Å². The van der Waals surface area contributed by atoms with Crippen LogP contribution in [0.25, 0.3) is 6.08 Å². The Bertz CT molecular complexity index is 876. The molecule has 1 aromatic carbocycles. The van der Waals surface area contributed by atoms with Crippen LogP contribution in [0.15, 0.2) is 23.8 Å². The van der Waals surface area contributed by atoms with Crippen molar-refractivity contribution in [2.75, 3.05) is 7.11 Å². The predicted molar refractivity (Wildman–Crippen MR) is 111 cm³/mol. The molecule has 5 rings (SSSR count). The topological polar surface area (TPSA) is 99.8 Å². The summed E-state index contributed by atoms with van der Waals surface area (Å²) in [6.45, 7) is 0. The van der Waals surface area contributed by atoms with Crippen molar-refractivity contribution >= 4 is 43.5 Å². The van der Waals surface area contributed by atoms with Gasteiger partial charge in [-0.05, 0) is 73.5 Å². The molecule has 0 heterocycles. The molecule has 2 N–H and O–H groups in total. The van der Waals surface area contributed by atoms with Gasteiger partial charge in [0.05, 0.1) is 11.7 Å². The Morgan fingerprint density at radius 1 is 1.28 bits per heavy atom. The minimum atomic E-state index is -4.68. The molecule has 0 amide bonds. The molecular weight excluding hydrogens is 400 g/mol. The summed E-state index contributed by atoms with van der Waals surface area (Å²) in [6.07, 6.45) is 8.57. The van der Waals surface area contributed by atoms with E-state index < -0.39 is 7.82 Å². The summed E-state index contributed by atoms with van der Waals surface area (Å²) in [5.74, 6) is 2.11. The Morgan fingerprint density at radius 2 is 1.97 bits per heavy atom. The van der Waals surface area contributed by atoms with Crippen LogP contribution in [-0.2, 0) is 15.7 Å². The number of nitriles is 1. The van der Waals surface area contributed by atoms with Crippen LogP contribution in [0.1, 0.15) is 49.7 Å². The Balaban J connectivity index is 0.00000240. The van der Waals surface area contributed by atoms with E-state index >= 15 is 0 Å². The molecule has 2 unspecified atom stereocenters. The van der Waals surface area contributed by atoms with Crippen LogP contribution in [0.5, 0.6) is 5.75 Å². The van der Waals surface area contributed by atoms with Gasteiger partial charge in [0.15, 0.2) is 0 Å². The molecule has 4 fully saturated rings. The summed E-state index contributed by atoms with van der Waals surface area (Å²) in [5, 5.41) is 9.03. The van der Waals surface area contributed by atoms with Gasteiger partial charge in [-0.15, -0.1) is 0 Å². The van der Waals surface area contributed by atoms with Crippen LogP contribution in [0, 0.1) is 29.1 Å². The molecule has 4 bridgehead atoms. The summed E-state index contributed by atoms with van der Waals surface area (Å²) < 4.78 is 22.4. The zero-order valence-electron chi connectivity index (χ0n) is 16.0. The van der Waals surface area contributed by atoms with Gasteiger partial charge in [0.2, 0.25) is 0 Å². The van der Waals surface area contributed by atoms with Crippen molar-refractivity contribution in [2.45, 2.75) is 50.5 Å². The van der Waals surface area contributed by atoms with Crippen LogP contribution in [-0.4, -0.2) is 52.1 Å². The van der Waals surface area contributed by atoms with E-state index in [1.165, 1.54) is 24.8 Å². The van der Waals surface area contributed by atoms with E-state index in [-0.39, 0.29) is 47.3 Å². The van der Waals surface area contributed by atoms with Gasteiger partial charge in [-0.2, -0.15) is 5.26 Å². The predicted octanol–water partition coefficient (Wildman–Crippen LogP) is 3.57. The third-order valence-corrected chi connectivity index (χ3v) is 7.11. The monoisotopic (exact) mass is 427 g/mol. The van der Waals surface area contributed by atoms with E-state index in [1.807, 2.05) is 6.07 Å². The minimum absolute atomic E-state index is 0. The second kappa shape index (κ2) is 8.85. The van der Waals surface area contributed by atoms with E-state index in [4.69, 9.17) is 14.5 Å². The second-order valence-electron chi connectivity index (χ2n) is 8.41. The molecule has 29 heavy (non-hydrogen) atoms. The molecule has 4 saturated carbocycles. The first-order valence-corrected chi connectivity index (χ1v) is 11.4. The van der Waals surface area contributed by atoms with Crippen LogP contribution >= 0.6 is 7.82 Å². The van der Waals surface area contributed by atoms with Gasteiger partial charge in [0.1, 0.15) is 5.75 Å². The van der Waals surface area contributed by atoms with Crippen molar-refractivity contribution < 1.29 is 23.6 Å². The van der Waals surface area contributed by atoms with Crippen LogP contribution in [0.3, 0.4) is 0 Å². The third kappa shape index (κ3) is 4.67. The molecule has 0 saturated heterocycles. The van der Waals surface area contributed by atoms with Crippen LogP contribution < -0.4 is 4.52 Å². The van der Waals surface area contributed by atoms with E-state index in [9.17, 15) is 14.4 Å². The zero-order chi connectivity index (χ0) is 19.9. The van der Waals surface area contributed by atoms with Gasteiger partial charge in [0, 0.05) is 19.1 Å². The van der Waals surface area contributed by atoms with E-state index in [2.05, 4.69) is 12.1 Å². The first-order chi connectivity index (χ1) is 13.3. The number of phosphoric acid groups is 1. The number of benzene rings is 1. The van der Waals surface area contributed by atoms with E-state index in [0.29, 0.717) is 17.9 Å². The number of ether oxygens (including phenoxy) is 1. The second-order valence-corrected chi connectivity index (χ2v) is 9.57. The summed E-state index contributed by atoms with van der Waals surface area (Å²) >= 11 is 0. The average Bonchev–Trinajstić information content (AvgIpc) is 2.62. The first kappa shape index (κ1) is 23.0. The zero-order valence-corrected chi connectivity index (χ0v) is 16.9. The molecule has 0 aromatic heterocycles. The number of nitrogens with zero attached hydrogens (tertiary/aromatic N) is 1. The van der Waals surface area contributed by atoms with Crippen LogP contribution in [0.4, 0.5) is 0 Å². The fourth-order valence-corrected chi connectivity index (χ4v) is 6.28. The Hall–Kier alpha value is -0.640. The number of hydrogen-bond donors (Lipinski definition) is 2. The molecule has 6 nitrogen and oxygen atoms in total. The van der Waals surface area contributed by atoms with Crippen molar-refractivity contribution in [1.82, 2.24) is 0 Å². The van der Waals surface area contributed by atoms with Crippen LogP contribution in [0.2, 0.25) is 0 Å². The summed E-state index contributed by atoms with van der Waals surface area (Å²) in [6, 6.07) is 7.33. The summed E-state index contributed by atoms with van der Waals surface area (Å²) in [7, 11) is -2.88. The number of methoxy groups -OCH3 is 1. The summed E-state index contributed by atoms with van der Waals surface area (Å²) in [5.41, 5.74) is 2.61. The maximum atomic E-state index is 11.4. The van der Waals surface area contributed by atoms with Crippen molar-refractivity contribution in [2.24, 2.45) is 17.8 Å². The Morgan fingerprint density at radius 3 is 2.55 bits per heavy atom. The Labute approximate surface area is 193 Å². The van der Waals surface area contributed by atoms with Crippen molar-refractivity contribution in [1.29, 1.82) is 5.26 Å². The molecule has 0 spiro atoms. The molecule has 0 aliphatic heterocycles. The molecule has 8 heteroatoms. The van der Waals surface area contributed by atoms with Gasteiger partial charge in [-0.1, -0.05) is 18.2 Å². The normalized spacial score (nSPS) is 31.4. The Kier molecular flexibility index (Phi) is 7.03. The fraction of sp³-hybridized carbons (Fsp3) is 0.571. The quantitative estimate of drug-likeness (QED) is 0.532. The van der Waals surface area contributed by atoms with Gasteiger partial charge in [0.25, 0.3) is 0 Å². The molecule has 1 aromatic rings. The van der Waals surface area contributed by atoms with E-state index in [1.54, 1.807) is 19.2 Å². The average molecular weight is 427 g/mol. The molecule has 4 aliphatic rings. The molecule has 152 valence electrons. The van der Waals surface area contributed by atoms with Gasteiger partial charge in [-0.3, -0.25) is 9.79 Å². The molecular formula is C21H27NNaO5P. The number of phosphoric ester groups is 1. The third-order valence-electron chi connectivity index (χ3n) is 6.68. The first-order valence-electron chi connectivity index (χ1n) is 9.85. The van der Waals surface area contributed by atoms with Gasteiger partial charge >= 0.3 is 37.4 Å². The standard InChI is InChI=1S/C21H26NO5P.Na.H/c1-26-21-12-14-8-15(13-21)10-17(9-14)19(21)11-16-4-2-6-20(27-28(23,24)25)18(16)5-3-7-22;;/h2,4,6,11,14-15,17H,3,5,8-10,12-13H2,1H3,(H2,23,24,25);;. The molecule has 2 atom stereocenters. The van der Waals surface area contributed by atoms with Gasteiger partial charge in [-0.25, -0.2) is 4.57 Å². The van der Waals surface area contributed by atoms with Crippen molar-refractivity contribution in [3.05, 3.63) is 34.9 Å². The number of rotatable bonds is 6.